The molecule has 33 heavy (non-hydrogen) atoms. The van der Waals surface area contributed by atoms with Gasteiger partial charge in [0.1, 0.15) is 17.2 Å². The van der Waals surface area contributed by atoms with Gasteiger partial charge in [0.25, 0.3) is 5.91 Å². The number of rotatable bonds is 4. The molecule has 0 atom stereocenters. The number of carbonyl (C=O) groups excluding carboxylic acids is 1. The molecule has 0 aliphatic carbocycles. The molecule has 7 nitrogen and oxygen atoms in total. The number of hydrogen-bond acceptors (Lipinski definition) is 6. The van der Waals surface area contributed by atoms with E-state index in [-0.39, 0.29) is 42.4 Å². The molecule has 3 aromatic rings. The van der Waals surface area contributed by atoms with Crippen molar-refractivity contribution in [3.8, 4) is 6.08 Å². The van der Waals surface area contributed by atoms with Gasteiger partial charge in [0.15, 0.2) is 5.58 Å². The summed E-state index contributed by atoms with van der Waals surface area (Å²) in [5.41, 5.74) is -0.246. The second kappa shape index (κ2) is 8.03. The standard InChI is InChI=1S/C23H21F3N2O5/c24-23(25,26)16-5-6-18-19(11-16)33-21(27-18)32-17-7-9-28(10-8-17)20(29)14-1-3-15(4-2-14)22(30)12-31-13-22/h1-6,11,17,30H,7-10,12-13H2. The van der Waals surface area contributed by atoms with Crippen LogP contribution in [0.3, 0.4) is 0 Å². The summed E-state index contributed by atoms with van der Waals surface area (Å²) in [7, 11) is 0. The van der Waals surface area contributed by atoms with E-state index in [1.54, 1.807) is 29.2 Å². The van der Waals surface area contributed by atoms with E-state index < -0.39 is 17.3 Å². The van der Waals surface area contributed by atoms with Crippen LogP contribution in [0.5, 0.6) is 6.08 Å². The summed E-state index contributed by atoms with van der Waals surface area (Å²) >= 11 is 0. The molecular formula is C23H21F3N2O5. The molecule has 0 spiro atoms. The monoisotopic (exact) mass is 462 g/mol. The van der Waals surface area contributed by atoms with Crippen LogP contribution in [0.4, 0.5) is 13.2 Å². The average molecular weight is 462 g/mol. The van der Waals surface area contributed by atoms with Crippen LogP contribution in [-0.4, -0.2) is 53.3 Å². The lowest BCUT2D eigenvalue weighted by atomic mass is 9.91. The molecule has 2 saturated heterocycles. The van der Waals surface area contributed by atoms with Crippen molar-refractivity contribution in [2.45, 2.75) is 30.7 Å². The van der Waals surface area contributed by atoms with Gasteiger partial charge in [-0.3, -0.25) is 4.79 Å². The van der Waals surface area contributed by atoms with E-state index in [0.717, 1.165) is 17.7 Å². The first kappa shape index (κ1) is 21.7. The Balaban J connectivity index is 1.18. The molecule has 2 aliphatic heterocycles. The molecule has 1 amide bonds. The number of carbonyl (C=O) groups is 1. The van der Waals surface area contributed by atoms with Crippen LogP contribution in [0.25, 0.3) is 11.1 Å². The fourth-order valence-corrected chi connectivity index (χ4v) is 4.02. The number of hydrogen-bond donors (Lipinski definition) is 1. The lowest BCUT2D eigenvalue weighted by Gasteiger charge is -2.36. The zero-order valence-corrected chi connectivity index (χ0v) is 17.5. The molecule has 174 valence electrons. The highest BCUT2D eigenvalue weighted by atomic mass is 19.4. The summed E-state index contributed by atoms with van der Waals surface area (Å²) in [5.74, 6) is -0.113. The van der Waals surface area contributed by atoms with Crippen LogP contribution in [0.1, 0.15) is 34.3 Å². The Bertz CT molecular complexity index is 1160. The molecule has 0 bridgehead atoms. The van der Waals surface area contributed by atoms with Gasteiger partial charge < -0.3 is 23.9 Å². The van der Waals surface area contributed by atoms with E-state index in [2.05, 4.69) is 4.98 Å². The van der Waals surface area contributed by atoms with Crippen molar-refractivity contribution in [2.24, 2.45) is 0 Å². The largest absolute Gasteiger partial charge is 0.447 e. The Kier molecular flexibility index (Phi) is 5.29. The number of aliphatic hydroxyl groups is 1. The molecule has 10 heteroatoms. The van der Waals surface area contributed by atoms with Crippen molar-refractivity contribution < 1.29 is 37.0 Å². The Morgan fingerprint density at radius 1 is 1.12 bits per heavy atom. The summed E-state index contributed by atoms with van der Waals surface area (Å²) in [6.07, 6.45) is -3.74. The predicted molar refractivity (Wildman–Crippen MR) is 110 cm³/mol. The molecule has 0 radical (unpaired) electrons. The lowest BCUT2D eigenvalue weighted by molar-refractivity contribution is -0.184. The summed E-state index contributed by atoms with van der Waals surface area (Å²) in [6.45, 7) is 1.41. The van der Waals surface area contributed by atoms with Gasteiger partial charge in [-0.1, -0.05) is 12.1 Å². The van der Waals surface area contributed by atoms with Crippen molar-refractivity contribution in [1.82, 2.24) is 9.88 Å². The first-order valence-corrected chi connectivity index (χ1v) is 10.6. The number of halogens is 3. The van der Waals surface area contributed by atoms with Crippen LogP contribution in [0.15, 0.2) is 46.9 Å². The zero-order chi connectivity index (χ0) is 23.2. The maximum Gasteiger partial charge on any atom is 0.416 e. The SMILES string of the molecule is O=C(c1ccc(C2(O)COC2)cc1)N1CCC(Oc2nc3ccc(C(F)(F)F)cc3o2)CC1. The topological polar surface area (TPSA) is 85.0 Å². The third-order valence-corrected chi connectivity index (χ3v) is 6.04. The van der Waals surface area contributed by atoms with Crippen molar-refractivity contribution >= 4 is 17.0 Å². The molecule has 1 aromatic heterocycles. The summed E-state index contributed by atoms with van der Waals surface area (Å²) < 4.78 is 54.8. The molecule has 5 rings (SSSR count). The van der Waals surface area contributed by atoms with E-state index in [4.69, 9.17) is 13.9 Å². The quantitative estimate of drug-likeness (QED) is 0.636. The van der Waals surface area contributed by atoms with Crippen molar-refractivity contribution in [3.05, 3.63) is 59.2 Å². The Labute approximate surface area is 186 Å². The Morgan fingerprint density at radius 2 is 1.82 bits per heavy atom. The summed E-state index contributed by atoms with van der Waals surface area (Å²) in [6, 6.07) is 9.97. The third-order valence-electron chi connectivity index (χ3n) is 6.04. The van der Waals surface area contributed by atoms with Crippen molar-refractivity contribution in [2.75, 3.05) is 26.3 Å². The first-order valence-electron chi connectivity index (χ1n) is 10.6. The minimum absolute atomic E-state index is 0.00834. The fourth-order valence-electron chi connectivity index (χ4n) is 4.02. The summed E-state index contributed by atoms with van der Waals surface area (Å²) in [5, 5.41) is 10.3. The third kappa shape index (κ3) is 4.28. The average Bonchev–Trinajstić information content (AvgIpc) is 3.18. The van der Waals surface area contributed by atoms with Gasteiger partial charge in [0.05, 0.1) is 18.8 Å². The number of nitrogens with zero attached hydrogens (tertiary/aromatic N) is 2. The fraction of sp³-hybridized carbons (Fsp3) is 0.391. The van der Waals surface area contributed by atoms with E-state index in [1.165, 1.54) is 6.07 Å². The molecule has 1 N–H and O–H groups in total. The highest BCUT2D eigenvalue weighted by molar-refractivity contribution is 5.94. The van der Waals surface area contributed by atoms with Crippen LogP contribution in [-0.2, 0) is 16.5 Å². The minimum atomic E-state index is -4.47. The number of benzene rings is 2. The molecular weight excluding hydrogens is 441 g/mol. The molecule has 2 fully saturated rings. The lowest BCUT2D eigenvalue weighted by Crippen LogP contribution is -2.46. The smallest absolute Gasteiger partial charge is 0.416 e. The van der Waals surface area contributed by atoms with Gasteiger partial charge in [0.2, 0.25) is 0 Å². The van der Waals surface area contributed by atoms with Crippen LogP contribution in [0.2, 0.25) is 0 Å². The van der Waals surface area contributed by atoms with E-state index >= 15 is 0 Å². The van der Waals surface area contributed by atoms with Crippen molar-refractivity contribution in [1.29, 1.82) is 0 Å². The van der Waals surface area contributed by atoms with Crippen LogP contribution in [0, 0.1) is 0 Å². The van der Waals surface area contributed by atoms with Gasteiger partial charge >= 0.3 is 12.3 Å². The molecule has 2 aliphatic rings. The number of likely N-dealkylation sites (tertiary alicyclic amines) is 1. The molecule has 2 aromatic carbocycles. The first-order chi connectivity index (χ1) is 15.7. The number of piperidine rings is 1. The maximum atomic E-state index is 12.9. The number of alkyl halides is 3. The van der Waals surface area contributed by atoms with Gasteiger partial charge in [-0.25, -0.2) is 0 Å². The number of oxazole rings is 1. The maximum absolute atomic E-state index is 12.9. The highest BCUT2D eigenvalue weighted by Gasteiger charge is 2.38. The zero-order valence-electron chi connectivity index (χ0n) is 17.5. The predicted octanol–water partition coefficient (Wildman–Crippen LogP) is 3.75. The number of fused-ring (bicyclic) bond motifs is 1. The van der Waals surface area contributed by atoms with Crippen LogP contribution >= 0.6 is 0 Å². The van der Waals surface area contributed by atoms with Gasteiger partial charge in [-0.15, -0.1) is 0 Å². The Morgan fingerprint density at radius 3 is 2.42 bits per heavy atom. The highest BCUT2D eigenvalue weighted by Crippen LogP contribution is 2.33. The van der Waals surface area contributed by atoms with Gasteiger partial charge in [-0.05, 0) is 35.9 Å². The molecule has 3 heterocycles. The second-order valence-corrected chi connectivity index (χ2v) is 8.37. The number of amides is 1. The van der Waals surface area contributed by atoms with Gasteiger partial charge in [-0.2, -0.15) is 18.2 Å². The number of aromatic nitrogens is 1. The summed E-state index contributed by atoms with van der Waals surface area (Å²) in [4.78, 5) is 18.6. The minimum Gasteiger partial charge on any atom is -0.447 e. The Hall–Kier alpha value is -3.11. The van der Waals surface area contributed by atoms with E-state index in [9.17, 15) is 23.1 Å². The number of ether oxygens (including phenoxy) is 2. The normalized spacial score (nSPS) is 18.8. The van der Waals surface area contributed by atoms with E-state index in [1.807, 2.05) is 0 Å². The second-order valence-electron chi connectivity index (χ2n) is 8.37. The van der Waals surface area contributed by atoms with Crippen molar-refractivity contribution in [3.63, 3.8) is 0 Å². The van der Waals surface area contributed by atoms with Crippen LogP contribution < -0.4 is 4.74 Å². The van der Waals surface area contributed by atoms with E-state index in [0.29, 0.717) is 31.5 Å². The van der Waals surface area contributed by atoms with Gasteiger partial charge in [0, 0.05) is 31.5 Å². The molecule has 0 unspecified atom stereocenters. The molecule has 0 saturated carbocycles.